The van der Waals surface area contributed by atoms with Gasteiger partial charge in [-0.15, -0.1) is 0 Å². The molecule has 1 aliphatic rings. The molecule has 0 bridgehead atoms. The van der Waals surface area contributed by atoms with Crippen molar-refractivity contribution < 1.29 is 4.74 Å². The summed E-state index contributed by atoms with van der Waals surface area (Å²) in [5.41, 5.74) is 8.82. The minimum Gasteiger partial charge on any atom is -0.380 e. The molecular weight excluding hydrogens is 236 g/mol. The number of rotatable bonds is 5. The van der Waals surface area contributed by atoms with E-state index in [2.05, 4.69) is 43.0 Å². The van der Waals surface area contributed by atoms with Gasteiger partial charge in [-0.25, -0.2) is 0 Å². The van der Waals surface area contributed by atoms with Gasteiger partial charge in [-0.2, -0.15) is 0 Å². The van der Waals surface area contributed by atoms with Gasteiger partial charge in [-0.05, 0) is 44.4 Å². The van der Waals surface area contributed by atoms with Crippen LogP contribution < -0.4 is 5.73 Å². The Kier molecular flexibility index (Phi) is 4.61. The Hall–Kier alpha value is -0.900. The first kappa shape index (κ1) is 14.5. The lowest BCUT2D eigenvalue weighted by atomic mass is 9.97. The Balaban J connectivity index is 2.17. The van der Waals surface area contributed by atoms with E-state index < -0.39 is 0 Å². The molecule has 2 N–H and O–H groups in total. The standard InChI is InChI=1S/C16H26N2O/c1-16(2)9-4-10-18(16)15(11-17)14-7-5-13(6-8-14)12-19-3/h5-8,15H,4,9-12,17H2,1-3H3. The van der Waals surface area contributed by atoms with Gasteiger partial charge >= 0.3 is 0 Å². The fourth-order valence-corrected chi connectivity index (χ4v) is 3.15. The van der Waals surface area contributed by atoms with Crippen molar-refractivity contribution in [2.45, 2.75) is 44.9 Å². The van der Waals surface area contributed by atoms with Crippen LogP contribution in [0.5, 0.6) is 0 Å². The number of ether oxygens (including phenoxy) is 1. The lowest BCUT2D eigenvalue weighted by Gasteiger charge is -2.38. The fourth-order valence-electron chi connectivity index (χ4n) is 3.15. The van der Waals surface area contributed by atoms with E-state index in [4.69, 9.17) is 10.5 Å². The smallest absolute Gasteiger partial charge is 0.0713 e. The zero-order chi connectivity index (χ0) is 13.9. The number of hydrogen-bond acceptors (Lipinski definition) is 3. The van der Waals surface area contributed by atoms with E-state index in [0.717, 1.165) is 6.54 Å². The molecule has 0 aromatic heterocycles. The van der Waals surface area contributed by atoms with E-state index in [9.17, 15) is 0 Å². The lowest BCUT2D eigenvalue weighted by molar-refractivity contribution is 0.119. The summed E-state index contributed by atoms with van der Waals surface area (Å²) in [7, 11) is 1.73. The first-order valence-corrected chi connectivity index (χ1v) is 7.13. The molecule has 0 amide bonds. The van der Waals surface area contributed by atoms with E-state index in [0.29, 0.717) is 19.2 Å². The third-order valence-electron chi connectivity index (χ3n) is 4.24. The van der Waals surface area contributed by atoms with E-state index in [1.807, 2.05) is 0 Å². The average molecular weight is 262 g/mol. The van der Waals surface area contributed by atoms with Gasteiger partial charge in [0, 0.05) is 25.2 Å². The third-order valence-corrected chi connectivity index (χ3v) is 4.24. The molecule has 1 aromatic rings. The van der Waals surface area contributed by atoms with Gasteiger partial charge in [0.15, 0.2) is 0 Å². The van der Waals surface area contributed by atoms with Crippen LogP contribution in [0.3, 0.4) is 0 Å². The maximum atomic E-state index is 6.04. The lowest BCUT2D eigenvalue weighted by Crippen LogP contribution is -2.43. The summed E-state index contributed by atoms with van der Waals surface area (Å²) >= 11 is 0. The summed E-state index contributed by atoms with van der Waals surface area (Å²) in [6.45, 7) is 7.13. The molecule has 1 aliphatic heterocycles. The molecule has 0 spiro atoms. The Bertz CT molecular complexity index is 400. The zero-order valence-corrected chi connectivity index (χ0v) is 12.4. The SMILES string of the molecule is COCc1ccc(C(CN)N2CCCC2(C)C)cc1. The van der Waals surface area contributed by atoms with Gasteiger partial charge in [0.1, 0.15) is 0 Å². The molecule has 0 radical (unpaired) electrons. The average Bonchev–Trinajstić information content (AvgIpc) is 2.73. The summed E-state index contributed by atoms with van der Waals surface area (Å²) in [6, 6.07) is 9.00. The van der Waals surface area contributed by atoms with Gasteiger partial charge in [0.2, 0.25) is 0 Å². The van der Waals surface area contributed by atoms with Gasteiger partial charge in [-0.1, -0.05) is 24.3 Å². The van der Waals surface area contributed by atoms with Gasteiger partial charge in [-0.3, -0.25) is 4.90 Å². The molecular formula is C16H26N2O. The number of nitrogens with two attached hydrogens (primary N) is 1. The van der Waals surface area contributed by atoms with Crippen molar-refractivity contribution in [2.75, 3.05) is 20.2 Å². The Morgan fingerprint density at radius 2 is 2.00 bits per heavy atom. The normalized spacial score (nSPS) is 20.6. The zero-order valence-electron chi connectivity index (χ0n) is 12.4. The Labute approximate surface area is 116 Å². The second kappa shape index (κ2) is 6.04. The predicted octanol–water partition coefficient (Wildman–Crippen LogP) is 2.71. The van der Waals surface area contributed by atoms with Gasteiger partial charge < -0.3 is 10.5 Å². The van der Waals surface area contributed by atoms with Crippen molar-refractivity contribution in [3.63, 3.8) is 0 Å². The van der Waals surface area contributed by atoms with Crippen molar-refractivity contribution in [3.05, 3.63) is 35.4 Å². The van der Waals surface area contributed by atoms with Crippen LogP contribution in [0.2, 0.25) is 0 Å². The van der Waals surface area contributed by atoms with Gasteiger partial charge in [0.05, 0.1) is 6.61 Å². The summed E-state index contributed by atoms with van der Waals surface area (Å²) in [5, 5.41) is 0. The molecule has 1 unspecified atom stereocenters. The van der Waals surface area contributed by atoms with Crippen LogP contribution in [0.15, 0.2) is 24.3 Å². The first-order chi connectivity index (χ1) is 9.08. The molecule has 1 saturated heterocycles. The number of nitrogens with zero attached hydrogens (tertiary/aromatic N) is 1. The van der Waals surface area contributed by atoms with Gasteiger partial charge in [0.25, 0.3) is 0 Å². The molecule has 1 heterocycles. The molecule has 106 valence electrons. The van der Waals surface area contributed by atoms with E-state index in [1.54, 1.807) is 7.11 Å². The van der Waals surface area contributed by atoms with Crippen LogP contribution in [0.1, 0.15) is 43.9 Å². The summed E-state index contributed by atoms with van der Waals surface area (Å²) in [6.07, 6.45) is 2.52. The second-order valence-corrected chi connectivity index (χ2v) is 6.04. The second-order valence-electron chi connectivity index (χ2n) is 6.04. The van der Waals surface area contributed by atoms with Crippen LogP contribution in [-0.4, -0.2) is 30.6 Å². The predicted molar refractivity (Wildman–Crippen MR) is 79.0 cm³/mol. The highest BCUT2D eigenvalue weighted by Crippen LogP contribution is 2.36. The molecule has 1 atom stereocenters. The number of benzene rings is 1. The molecule has 2 rings (SSSR count). The fraction of sp³-hybridized carbons (Fsp3) is 0.625. The topological polar surface area (TPSA) is 38.5 Å². The third kappa shape index (κ3) is 3.16. The molecule has 19 heavy (non-hydrogen) atoms. The van der Waals surface area contributed by atoms with E-state index in [1.165, 1.54) is 24.0 Å². The highest BCUT2D eigenvalue weighted by molar-refractivity contribution is 5.25. The minimum absolute atomic E-state index is 0.259. The van der Waals surface area contributed by atoms with Crippen molar-refractivity contribution in [2.24, 2.45) is 5.73 Å². The quantitative estimate of drug-likeness (QED) is 0.886. The molecule has 0 aliphatic carbocycles. The Morgan fingerprint density at radius 1 is 1.32 bits per heavy atom. The maximum Gasteiger partial charge on any atom is 0.0713 e. The highest BCUT2D eigenvalue weighted by atomic mass is 16.5. The van der Waals surface area contributed by atoms with E-state index >= 15 is 0 Å². The molecule has 3 nitrogen and oxygen atoms in total. The summed E-state index contributed by atoms with van der Waals surface area (Å²) < 4.78 is 5.15. The van der Waals surface area contributed by atoms with E-state index in [-0.39, 0.29) is 5.54 Å². The van der Waals surface area contributed by atoms with Crippen LogP contribution in [0, 0.1) is 0 Å². The molecule has 1 aromatic carbocycles. The Morgan fingerprint density at radius 3 is 2.47 bits per heavy atom. The largest absolute Gasteiger partial charge is 0.380 e. The molecule has 3 heteroatoms. The maximum absolute atomic E-state index is 6.04. The van der Waals surface area contributed by atoms with Crippen molar-refractivity contribution in [3.8, 4) is 0 Å². The van der Waals surface area contributed by atoms with Crippen LogP contribution in [0.4, 0.5) is 0 Å². The van der Waals surface area contributed by atoms with Crippen molar-refractivity contribution in [1.82, 2.24) is 4.90 Å². The van der Waals surface area contributed by atoms with Crippen LogP contribution in [-0.2, 0) is 11.3 Å². The van der Waals surface area contributed by atoms with Crippen LogP contribution in [0.25, 0.3) is 0 Å². The number of hydrogen-bond donors (Lipinski definition) is 1. The minimum atomic E-state index is 0.259. The molecule has 0 saturated carbocycles. The molecule has 1 fully saturated rings. The number of methoxy groups -OCH3 is 1. The van der Waals surface area contributed by atoms with Crippen LogP contribution >= 0.6 is 0 Å². The number of likely N-dealkylation sites (tertiary alicyclic amines) is 1. The van der Waals surface area contributed by atoms with Crippen molar-refractivity contribution in [1.29, 1.82) is 0 Å². The monoisotopic (exact) mass is 262 g/mol. The highest BCUT2D eigenvalue weighted by Gasteiger charge is 2.36. The summed E-state index contributed by atoms with van der Waals surface area (Å²) in [4.78, 5) is 2.55. The van der Waals surface area contributed by atoms with Crippen molar-refractivity contribution >= 4 is 0 Å². The summed E-state index contributed by atoms with van der Waals surface area (Å²) in [5.74, 6) is 0. The first-order valence-electron chi connectivity index (χ1n) is 7.13.